The topological polar surface area (TPSA) is 45.5 Å². The third-order valence-electron chi connectivity index (χ3n) is 5.10. The highest BCUT2D eigenvalue weighted by molar-refractivity contribution is 5.77. The molecule has 1 aromatic carbocycles. The van der Waals surface area contributed by atoms with Gasteiger partial charge in [0.2, 0.25) is 5.91 Å². The maximum Gasteiger partial charge on any atom is 0.224 e. The van der Waals surface area contributed by atoms with Crippen LogP contribution in [-0.2, 0) is 11.3 Å². The van der Waals surface area contributed by atoms with E-state index in [1.165, 1.54) is 16.8 Å². The van der Waals surface area contributed by atoms with E-state index in [-0.39, 0.29) is 5.91 Å². The van der Waals surface area contributed by atoms with Gasteiger partial charge in [0.15, 0.2) is 6.29 Å². The third-order valence-corrected chi connectivity index (χ3v) is 5.10. The molecule has 1 fully saturated rings. The van der Waals surface area contributed by atoms with Gasteiger partial charge in [0.05, 0.1) is 5.69 Å². The number of amides is 1. The molecule has 0 unspecified atom stereocenters. The number of nitrogens with zero attached hydrogens (tertiary/aromatic N) is 3. The second-order valence-corrected chi connectivity index (χ2v) is 6.58. The van der Waals surface area contributed by atoms with Crippen molar-refractivity contribution in [3.63, 3.8) is 0 Å². The molecule has 1 aliphatic rings. The van der Waals surface area contributed by atoms with E-state index < -0.39 is 0 Å². The van der Waals surface area contributed by atoms with Gasteiger partial charge in [-0.25, -0.2) is 0 Å². The Bertz CT molecular complexity index is 758. The Morgan fingerprint density at radius 2 is 1.84 bits per heavy atom. The van der Waals surface area contributed by atoms with Crippen LogP contribution in [0.25, 0.3) is 0 Å². The van der Waals surface area contributed by atoms with Crippen LogP contribution in [0.4, 0.5) is 5.69 Å². The molecule has 1 aromatic heterocycles. The van der Waals surface area contributed by atoms with Gasteiger partial charge in [0, 0.05) is 51.0 Å². The fraction of sp³-hybridized carbons (Fsp3) is 0.400. The van der Waals surface area contributed by atoms with Crippen LogP contribution in [0.5, 0.6) is 0 Å². The molecular weight excluding hydrogens is 314 g/mol. The molecular formula is C20H25N3O2. The first-order valence-corrected chi connectivity index (χ1v) is 8.79. The van der Waals surface area contributed by atoms with Crippen LogP contribution in [0, 0.1) is 13.8 Å². The molecule has 0 aliphatic carbocycles. The molecule has 0 spiro atoms. The van der Waals surface area contributed by atoms with Gasteiger partial charge in [-0.1, -0.05) is 12.1 Å². The van der Waals surface area contributed by atoms with Crippen molar-refractivity contribution in [3.05, 3.63) is 53.3 Å². The number of benzene rings is 1. The van der Waals surface area contributed by atoms with E-state index >= 15 is 0 Å². The number of hydrogen-bond acceptors (Lipinski definition) is 3. The second-order valence-electron chi connectivity index (χ2n) is 6.58. The maximum atomic E-state index is 12.5. The van der Waals surface area contributed by atoms with E-state index in [0.717, 1.165) is 32.5 Å². The smallest absolute Gasteiger partial charge is 0.224 e. The van der Waals surface area contributed by atoms with Crippen molar-refractivity contribution in [2.45, 2.75) is 26.8 Å². The average molecular weight is 339 g/mol. The highest BCUT2D eigenvalue weighted by atomic mass is 16.2. The lowest BCUT2D eigenvalue weighted by Gasteiger charge is -2.37. The number of aromatic nitrogens is 1. The van der Waals surface area contributed by atoms with Crippen LogP contribution >= 0.6 is 0 Å². The zero-order valence-corrected chi connectivity index (χ0v) is 14.9. The van der Waals surface area contributed by atoms with Crippen molar-refractivity contribution in [2.24, 2.45) is 0 Å². The predicted octanol–water partition coefficient (Wildman–Crippen LogP) is 2.66. The summed E-state index contributed by atoms with van der Waals surface area (Å²) in [5, 5.41) is 0. The minimum Gasteiger partial charge on any atom is -0.368 e. The zero-order valence-electron chi connectivity index (χ0n) is 14.9. The first-order valence-electron chi connectivity index (χ1n) is 8.79. The van der Waals surface area contributed by atoms with E-state index in [1.54, 1.807) is 6.07 Å². The molecule has 1 amide bonds. The third kappa shape index (κ3) is 3.76. The number of hydrogen-bond donors (Lipinski definition) is 0. The molecule has 0 atom stereocenters. The van der Waals surface area contributed by atoms with Crippen molar-refractivity contribution in [1.82, 2.24) is 9.47 Å². The molecule has 5 heteroatoms. The van der Waals surface area contributed by atoms with Gasteiger partial charge < -0.3 is 14.4 Å². The van der Waals surface area contributed by atoms with Gasteiger partial charge in [-0.2, -0.15) is 0 Å². The predicted molar refractivity (Wildman–Crippen MR) is 99.1 cm³/mol. The normalized spacial score (nSPS) is 14.6. The molecule has 2 aromatic rings. The molecule has 2 heterocycles. The summed E-state index contributed by atoms with van der Waals surface area (Å²) in [6.45, 7) is 8.06. The number of piperazine rings is 1. The molecule has 25 heavy (non-hydrogen) atoms. The van der Waals surface area contributed by atoms with Gasteiger partial charge in [-0.15, -0.1) is 0 Å². The Morgan fingerprint density at radius 3 is 2.56 bits per heavy atom. The van der Waals surface area contributed by atoms with Gasteiger partial charge >= 0.3 is 0 Å². The number of carbonyl (C=O) groups excluding carboxylic acids is 2. The quantitative estimate of drug-likeness (QED) is 0.787. The molecule has 132 valence electrons. The molecule has 3 rings (SSSR count). The van der Waals surface area contributed by atoms with E-state index in [0.29, 0.717) is 18.7 Å². The molecule has 0 saturated carbocycles. The number of rotatable bonds is 5. The lowest BCUT2D eigenvalue weighted by molar-refractivity contribution is -0.131. The molecule has 0 N–H and O–H groups in total. The van der Waals surface area contributed by atoms with Gasteiger partial charge in [0.1, 0.15) is 0 Å². The molecule has 0 bridgehead atoms. The highest BCUT2D eigenvalue weighted by Gasteiger charge is 2.22. The summed E-state index contributed by atoms with van der Waals surface area (Å²) in [6, 6.07) is 9.98. The summed E-state index contributed by atoms with van der Waals surface area (Å²) in [7, 11) is 0. The lowest BCUT2D eigenvalue weighted by atomic mass is 10.1. The number of aldehydes is 1. The van der Waals surface area contributed by atoms with E-state index in [4.69, 9.17) is 0 Å². The van der Waals surface area contributed by atoms with Gasteiger partial charge in [-0.3, -0.25) is 9.59 Å². The van der Waals surface area contributed by atoms with Crippen molar-refractivity contribution in [1.29, 1.82) is 0 Å². The number of aryl methyl sites for hydroxylation is 2. The van der Waals surface area contributed by atoms with Crippen LogP contribution in [0.3, 0.4) is 0 Å². The van der Waals surface area contributed by atoms with E-state index in [2.05, 4.69) is 36.9 Å². The molecule has 1 saturated heterocycles. The summed E-state index contributed by atoms with van der Waals surface area (Å²) in [5.74, 6) is 0.158. The van der Waals surface area contributed by atoms with Gasteiger partial charge in [0.25, 0.3) is 0 Å². The summed E-state index contributed by atoms with van der Waals surface area (Å²) in [5.41, 5.74) is 4.51. The van der Waals surface area contributed by atoms with Crippen molar-refractivity contribution in [3.8, 4) is 0 Å². The second kappa shape index (κ2) is 7.55. The first kappa shape index (κ1) is 17.3. The Labute approximate surface area is 148 Å². The van der Waals surface area contributed by atoms with Gasteiger partial charge in [-0.05, 0) is 43.2 Å². The number of anilines is 1. The lowest BCUT2D eigenvalue weighted by Crippen LogP contribution is -2.49. The zero-order chi connectivity index (χ0) is 17.8. The average Bonchev–Trinajstić information content (AvgIpc) is 3.10. The van der Waals surface area contributed by atoms with Crippen molar-refractivity contribution in [2.75, 3.05) is 31.1 Å². The SMILES string of the molecule is Cc1cccc(N2CCN(C(=O)CCn3cccc3C=O)CC2)c1C. The highest BCUT2D eigenvalue weighted by Crippen LogP contribution is 2.24. The fourth-order valence-electron chi connectivity index (χ4n) is 3.39. The van der Waals surface area contributed by atoms with Crippen LogP contribution in [0.15, 0.2) is 36.5 Å². The monoisotopic (exact) mass is 339 g/mol. The van der Waals surface area contributed by atoms with Crippen LogP contribution in [-0.4, -0.2) is 47.8 Å². The number of carbonyl (C=O) groups is 2. The van der Waals surface area contributed by atoms with Crippen molar-refractivity contribution >= 4 is 17.9 Å². The van der Waals surface area contributed by atoms with Crippen molar-refractivity contribution < 1.29 is 9.59 Å². The molecule has 5 nitrogen and oxygen atoms in total. The Balaban J connectivity index is 1.54. The van der Waals surface area contributed by atoms with E-state index in [9.17, 15) is 9.59 Å². The van der Waals surface area contributed by atoms with E-state index in [1.807, 2.05) is 21.7 Å². The summed E-state index contributed by atoms with van der Waals surface area (Å²) in [6.07, 6.45) is 3.10. The summed E-state index contributed by atoms with van der Waals surface area (Å²) >= 11 is 0. The minimum atomic E-state index is 0.158. The molecule has 1 aliphatic heterocycles. The first-order chi connectivity index (χ1) is 12.1. The van der Waals surface area contributed by atoms with Crippen LogP contribution in [0.1, 0.15) is 28.0 Å². The van der Waals surface area contributed by atoms with Crippen LogP contribution in [0.2, 0.25) is 0 Å². The minimum absolute atomic E-state index is 0.158. The summed E-state index contributed by atoms with van der Waals surface area (Å²) in [4.78, 5) is 27.7. The largest absolute Gasteiger partial charge is 0.368 e. The fourth-order valence-corrected chi connectivity index (χ4v) is 3.39. The Morgan fingerprint density at radius 1 is 1.08 bits per heavy atom. The molecule has 0 radical (unpaired) electrons. The Kier molecular flexibility index (Phi) is 5.22. The Hall–Kier alpha value is -2.56. The summed E-state index contributed by atoms with van der Waals surface area (Å²) < 4.78 is 1.83. The van der Waals surface area contributed by atoms with Crippen LogP contribution < -0.4 is 4.90 Å². The maximum absolute atomic E-state index is 12.5. The standard InChI is InChI=1S/C20H25N3O2/c1-16-5-3-7-19(17(16)2)22-11-13-23(14-12-22)20(25)8-10-21-9-4-6-18(21)15-24/h3-7,9,15H,8,10-14H2,1-2H3.